The zero-order chi connectivity index (χ0) is 13.0. The summed E-state index contributed by atoms with van der Waals surface area (Å²) in [4.78, 5) is 11.9. The van der Waals surface area contributed by atoms with Crippen LogP contribution >= 0.6 is 24.0 Å². The Labute approximate surface area is 124 Å². The van der Waals surface area contributed by atoms with Gasteiger partial charge in [-0.2, -0.15) is 0 Å². The zero-order valence-corrected chi connectivity index (χ0v) is 12.3. The summed E-state index contributed by atoms with van der Waals surface area (Å²) in [5.74, 6) is 0.719. The van der Waals surface area contributed by atoms with Crippen LogP contribution in [-0.4, -0.2) is 25.6 Å². The first-order valence-electron chi connectivity index (χ1n) is 6.05. The van der Waals surface area contributed by atoms with Gasteiger partial charge in [-0.05, 0) is 31.5 Å². The molecular formula is C13H18Cl2N2O2. The van der Waals surface area contributed by atoms with Crippen molar-refractivity contribution in [1.29, 1.82) is 0 Å². The van der Waals surface area contributed by atoms with E-state index in [0.29, 0.717) is 17.3 Å². The highest BCUT2D eigenvalue weighted by molar-refractivity contribution is 6.31. The van der Waals surface area contributed by atoms with Crippen LogP contribution in [0.4, 0.5) is 0 Å². The smallest absolute Gasteiger partial charge is 0.237 e. The molecule has 0 saturated carbocycles. The first-order valence-corrected chi connectivity index (χ1v) is 6.42. The summed E-state index contributed by atoms with van der Waals surface area (Å²) >= 11 is 6.10. The molecule has 1 aliphatic rings. The van der Waals surface area contributed by atoms with E-state index < -0.39 is 0 Å². The lowest BCUT2D eigenvalue weighted by molar-refractivity contribution is -0.122. The highest BCUT2D eigenvalue weighted by atomic mass is 35.5. The number of carbonyl (C=O) groups excluding carboxylic acids is 1. The van der Waals surface area contributed by atoms with Crippen molar-refractivity contribution in [1.82, 2.24) is 10.6 Å². The monoisotopic (exact) mass is 304 g/mol. The van der Waals surface area contributed by atoms with Crippen LogP contribution in [0.5, 0.6) is 5.75 Å². The van der Waals surface area contributed by atoms with Gasteiger partial charge < -0.3 is 15.4 Å². The molecule has 0 aromatic heterocycles. The number of rotatable bonds is 4. The SMILES string of the molecule is COc1cccc(Cl)c1CNC(=O)C1CCCN1.Cl. The van der Waals surface area contributed by atoms with Gasteiger partial charge in [-0.25, -0.2) is 0 Å². The third-order valence-electron chi connectivity index (χ3n) is 3.11. The molecule has 2 N–H and O–H groups in total. The Morgan fingerprint density at radius 1 is 1.58 bits per heavy atom. The molecular weight excluding hydrogens is 287 g/mol. The maximum absolute atomic E-state index is 11.9. The van der Waals surface area contributed by atoms with Crippen LogP contribution in [0.1, 0.15) is 18.4 Å². The number of carbonyl (C=O) groups is 1. The largest absolute Gasteiger partial charge is 0.496 e. The summed E-state index contributed by atoms with van der Waals surface area (Å²) in [5.41, 5.74) is 0.813. The maximum Gasteiger partial charge on any atom is 0.237 e. The Bertz CT molecular complexity index is 435. The van der Waals surface area contributed by atoms with Crippen molar-refractivity contribution in [2.75, 3.05) is 13.7 Å². The maximum atomic E-state index is 11.9. The average Bonchev–Trinajstić information content (AvgIpc) is 2.90. The topological polar surface area (TPSA) is 50.4 Å². The summed E-state index contributed by atoms with van der Waals surface area (Å²) < 4.78 is 5.23. The summed E-state index contributed by atoms with van der Waals surface area (Å²) in [6.45, 7) is 1.30. The summed E-state index contributed by atoms with van der Waals surface area (Å²) in [5, 5.41) is 6.66. The minimum absolute atomic E-state index is 0. The number of amides is 1. The first-order chi connectivity index (χ1) is 8.72. The van der Waals surface area contributed by atoms with Crippen LogP contribution in [0.25, 0.3) is 0 Å². The van der Waals surface area contributed by atoms with E-state index in [-0.39, 0.29) is 24.4 Å². The van der Waals surface area contributed by atoms with Gasteiger partial charge in [0.2, 0.25) is 5.91 Å². The third kappa shape index (κ3) is 4.00. The van der Waals surface area contributed by atoms with E-state index in [1.807, 2.05) is 12.1 Å². The standard InChI is InChI=1S/C13H17ClN2O2.ClH/c1-18-12-6-2-4-10(14)9(12)8-16-13(17)11-5-3-7-15-11;/h2,4,6,11,15H,3,5,7-8H2,1H3,(H,16,17);1H. The highest BCUT2D eigenvalue weighted by Gasteiger charge is 2.22. The molecule has 4 nitrogen and oxygen atoms in total. The van der Waals surface area contributed by atoms with Crippen molar-refractivity contribution >= 4 is 29.9 Å². The lowest BCUT2D eigenvalue weighted by atomic mass is 10.1. The number of ether oxygens (including phenoxy) is 1. The van der Waals surface area contributed by atoms with Crippen molar-refractivity contribution in [3.8, 4) is 5.75 Å². The number of hydrogen-bond donors (Lipinski definition) is 2. The molecule has 106 valence electrons. The summed E-state index contributed by atoms with van der Waals surface area (Å²) in [7, 11) is 1.59. The van der Waals surface area contributed by atoms with Gasteiger partial charge >= 0.3 is 0 Å². The molecule has 0 radical (unpaired) electrons. The molecule has 0 spiro atoms. The van der Waals surface area contributed by atoms with E-state index in [2.05, 4.69) is 10.6 Å². The second-order valence-corrected chi connectivity index (χ2v) is 4.69. The predicted octanol–water partition coefficient (Wildman–Crippen LogP) is 2.14. The molecule has 6 heteroatoms. The van der Waals surface area contributed by atoms with E-state index in [1.165, 1.54) is 0 Å². The molecule has 1 aromatic rings. The second kappa shape index (κ2) is 7.58. The fraction of sp³-hybridized carbons (Fsp3) is 0.462. The minimum Gasteiger partial charge on any atom is -0.496 e. The molecule has 2 rings (SSSR count). The van der Waals surface area contributed by atoms with Crippen molar-refractivity contribution in [2.24, 2.45) is 0 Å². The number of benzene rings is 1. The Kier molecular flexibility index (Phi) is 6.42. The van der Waals surface area contributed by atoms with E-state index in [1.54, 1.807) is 13.2 Å². The van der Waals surface area contributed by atoms with Crippen LogP contribution < -0.4 is 15.4 Å². The van der Waals surface area contributed by atoms with Gasteiger partial charge in [0.05, 0.1) is 13.2 Å². The number of nitrogens with one attached hydrogen (secondary N) is 2. The van der Waals surface area contributed by atoms with Crippen LogP contribution in [-0.2, 0) is 11.3 Å². The third-order valence-corrected chi connectivity index (χ3v) is 3.47. The molecule has 1 unspecified atom stereocenters. The van der Waals surface area contributed by atoms with E-state index in [0.717, 1.165) is 24.9 Å². The van der Waals surface area contributed by atoms with Gasteiger partial charge in [0.25, 0.3) is 0 Å². The molecule has 19 heavy (non-hydrogen) atoms. The van der Waals surface area contributed by atoms with E-state index in [9.17, 15) is 4.79 Å². The minimum atomic E-state index is -0.0708. The molecule has 0 aliphatic carbocycles. The van der Waals surface area contributed by atoms with Crippen LogP contribution in [0, 0.1) is 0 Å². The normalized spacial score (nSPS) is 17.7. The molecule has 1 atom stereocenters. The van der Waals surface area contributed by atoms with Crippen LogP contribution in [0.3, 0.4) is 0 Å². The van der Waals surface area contributed by atoms with Crippen molar-refractivity contribution in [3.05, 3.63) is 28.8 Å². The molecule has 1 heterocycles. The quantitative estimate of drug-likeness (QED) is 0.896. The van der Waals surface area contributed by atoms with Crippen molar-refractivity contribution in [3.63, 3.8) is 0 Å². The highest BCUT2D eigenvalue weighted by Crippen LogP contribution is 2.25. The van der Waals surface area contributed by atoms with Gasteiger partial charge in [0.1, 0.15) is 5.75 Å². The van der Waals surface area contributed by atoms with Gasteiger partial charge in [-0.1, -0.05) is 17.7 Å². The molecule has 1 fully saturated rings. The molecule has 1 aromatic carbocycles. The van der Waals surface area contributed by atoms with Gasteiger partial charge in [-0.15, -0.1) is 12.4 Å². The number of methoxy groups -OCH3 is 1. The van der Waals surface area contributed by atoms with Gasteiger partial charge in [0.15, 0.2) is 0 Å². The first kappa shape index (κ1) is 16.1. The average molecular weight is 305 g/mol. The van der Waals surface area contributed by atoms with Crippen LogP contribution in [0.15, 0.2) is 18.2 Å². The summed E-state index contributed by atoms with van der Waals surface area (Å²) in [6.07, 6.45) is 1.94. The molecule has 1 saturated heterocycles. The Morgan fingerprint density at radius 2 is 2.37 bits per heavy atom. The van der Waals surface area contributed by atoms with E-state index in [4.69, 9.17) is 16.3 Å². The van der Waals surface area contributed by atoms with Gasteiger partial charge in [0, 0.05) is 17.1 Å². The molecule has 1 amide bonds. The lowest BCUT2D eigenvalue weighted by Gasteiger charge is -2.14. The summed E-state index contributed by atoms with van der Waals surface area (Å²) in [6, 6.07) is 5.38. The molecule has 1 aliphatic heterocycles. The molecule has 0 bridgehead atoms. The Hall–Kier alpha value is -0.970. The lowest BCUT2D eigenvalue weighted by Crippen LogP contribution is -2.40. The van der Waals surface area contributed by atoms with Crippen molar-refractivity contribution in [2.45, 2.75) is 25.4 Å². The zero-order valence-electron chi connectivity index (χ0n) is 10.7. The van der Waals surface area contributed by atoms with E-state index >= 15 is 0 Å². The van der Waals surface area contributed by atoms with Crippen LogP contribution in [0.2, 0.25) is 5.02 Å². The Morgan fingerprint density at radius 3 is 3.00 bits per heavy atom. The number of halogens is 2. The Balaban J connectivity index is 0.00000180. The predicted molar refractivity (Wildman–Crippen MR) is 78.1 cm³/mol. The number of hydrogen-bond acceptors (Lipinski definition) is 3. The van der Waals surface area contributed by atoms with Gasteiger partial charge in [-0.3, -0.25) is 4.79 Å². The second-order valence-electron chi connectivity index (χ2n) is 4.29. The van der Waals surface area contributed by atoms with Crippen molar-refractivity contribution < 1.29 is 9.53 Å². The fourth-order valence-corrected chi connectivity index (χ4v) is 2.34. The fourth-order valence-electron chi connectivity index (χ4n) is 2.11.